The zero-order valence-electron chi connectivity index (χ0n) is 21.6. The smallest absolute Gasteiger partial charge is 0.404 e. The summed E-state index contributed by atoms with van der Waals surface area (Å²) in [7, 11) is 0. The van der Waals surface area contributed by atoms with Gasteiger partial charge in [0.2, 0.25) is 0 Å². The minimum absolute atomic E-state index is 0.0441. The lowest BCUT2D eigenvalue weighted by Gasteiger charge is -2.34. The molecular weight excluding hydrogens is 500 g/mol. The van der Waals surface area contributed by atoms with Crippen molar-refractivity contribution in [2.45, 2.75) is 44.2 Å². The third kappa shape index (κ3) is 6.36. The summed E-state index contributed by atoms with van der Waals surface area (Å²) in [4.78, 5) is 45.4. The van der Waals surface area contributed by atoms with Crippen LogP contribution in [0.15, 0.2) is 54.6 Å². The summed E-state index contributed by atoms with van der Waals surface area (Å²) in [6.45, 7) is 1.54. The number of aromatic nitrogens is 3. The van der Waals surface area contributed by atoms with Gasteiger partial charge in [-0.25, -0.2) is 9.78 Å². The highest BCUT2D eigenvalue weighted by molar-refractivity contribution is 5.95. The number of nitrogens with zero attached hydrogens (tertiary/aromatic N) is 4. The number of para-hydroxylation sites is 1. The molecule has 2 fully saturated rings. The molecule has 3 amide bonds. The van der Waals surface area contributed by atoms with E-state index in [0.29, 0.717) is 61.0 Å². The van der Waals surface area contributed by atoms with E-state index in [0.717, 1.165) is 19.3 Å². The van der Waals surface area contributed by atoms with Crippen LogP contribution in [0.3, 0.4) is 0 Å². The first-order chi connectivity index (χ1) is 19.0. The predicted molar refractivity (Wildman–Crippen MR) is 142 cm³/mol. The fraction of sp³-hybridized carbons (Fsp3) is 0.393. The van der Waals surface area contributed by atoms with Gasteiger partial charge in [0.25, 0.3) is 11.8 Å². The molecule has 3 N–H and O–H groups in total. The molecule has 3 heterocycles. The van der Waals surface area contributed by atoms with Gasteiger partial charge in [0.05, 0.1) is 6.04 Å². The summed E-state index contributed by atoms with van der Waals surface area (Å²) < 4.78 is 10.7. The highest BCUT2D eigenvalue weighted by atomic mass is 16.6. The minimum atomic E-state index is -0.792. The van der Waals surface area contributed by atoms with Gasteiger partial charge in [0.15, 0.2) is 12.4 Å². The molecule has 39 heavy (non-hydrogen) atoms. The van der Waals surface area contributed by atoms with E-state index in [2.05, 4.69) is 10.2 Å². The van der Waals surface area contributed by atoms with Crippen molar-refractivity contribution >= 4 is 17.9 Å². The number of hydrogen-bond donors (Lipinski definition) is 2. The fourth-order valence-electron chi connectivity index (χ4n) is 5.13. The first-order valence-corrected chi connectivity index (χ1v) is 13.2. The maximum atomic E-state index is 13.1. The zero-order chi connectivity index (χ0) is 27.2. The van der Waals surface area contributed by atoms with Gasteiger partial charge in [-0.1, -0.05) is 30.3 Å². The lowest BCUT2D eigenvalue weighted by atomic mass is 10.0. The van der Waals surface area contributed by atoms with Crippen LogP contribution in [0.5, 0.6) is 5.75 Å². The summed E-state index contributed by atoms with van der Waals surface area (Å²) in [5, 5.41) is 7.43. The van der Waals surface area contributed by atoms with E-state index in [4.69, 9.17) is 20.2 Å². The second kappa shape index (κ2) is 12.0. The number of H-pyrrole nitrogens is 1. The number of benzene rings is 2. The molecular formula is C28H32N6O5. The van der Waals surface area contributed by atoms with Crippen molar-refractivity contribution in [2.24, 2.45) is 5.73 Å². The number of carbonyl (C=O) groups excluding carboxylic acids is 3. The average molecular weight is 533 g/mol. The summed E-state index contributed by atoms with van der Waals surface area (Å²) in [6.07, 6.45) is 2.72. The maximum Gasteiger partial charge on any atom is 0.404 e. The highest BCUT2D eigenvalue weighted by Gasteiger charge is 2.31. The topological polar surface area (TPSA) is 144 Å². The Balaban J connectivity index is 1.25. The zero-order valence-corrected chi connectivity index (χ0v) is 21.6. The van der Waals surface area contributed by atoms with E-state index in [9.17, 15) is 14.4 Å². The molecule has 2 saturated heterocycles. The summed E-state index contributed by atoms with van der Waals surface area (Å²) in [6, 6.07) is 16.3. The van der Waals surface area contributed by atoms with E-state index < -0.39 is 6.09 Å². The van der Waals surface area contributed by atoms with Crippen LogP contribution in [0, 0.1) is 0 Å². The minimum Gasteiger partial charge on any atom is -0.484 e. The third-order valence-corrected chi connectivity index (χ3v) is 7.13. The number of ether oxygens (including phenoxy) is 2. The summed E-state index contributed by atoms with van der Waals surface area (Å²) in [5.41, 5.74) is 6.34. The van der Waals surface area contributed by atoms with Crippen LogP contribution in [0.1, 0.15) is 54.3 Å². The molecule has 0 bridgehead atoms. The lowest BCUT2D eigenvalue weighted by molar-refractivity contribution is -0.137. The van der Waals surface area contributed by atoms with Crippen molar-refractivity contribution in [3.8, 4) is 17.1 Å². The van der Waals surface area contributed by atoms with Crippen LogP contribution in [-0.4, -0.2) is 75.2 Å². The standard InChI is InChI=1S/C28H32N6O5/c29-28(37)39-22-12-15-33(16-13-22)27(36)20-8-6-7-19(17-20)25-30-26(32-31-25)23-11-4-5-14-34(23)24(35)18-38-21-9-2-1-3-10-21/h1-3,6-10,17,22-23H,4-5,11-16,18H2,(H2,29,37)(H,30,31,32)/t23-/m1/s1. The van der Waals surface area contributed by atoms with Crippen LogP contribution < -0.4 is 10.5 Å². The molecule has 0 saturated carbocycles. The van der Waals surface area contributed by atoms with Gasteiger partial charge in [-0.15, -0.1) is 0 Å². The van der Waals surface area contributed by atoms with E-state index in [1.165, 1.54) is 0 Å². The number of piperidine rings is 2. The van der Waals surface area contributed by atoms with Gasteiger partial charge in [0.1, 0.15) is 17.7 Å². The Kier molecular flexibility index (Phi) is 8.04. The van der Waals surface area contributed by atoms with Crippen LogP contribution in [-0.2, 0) is 9.53 Å². The Morgan fingerprint density at radius 3 is 2.54 bits per heavy atom. The van der Waals surface area contributed by atoms with Crippen molar-refractivity contribution in [2.75, 3.05) is 26.2 Å². The number of nitrogens with one attached hydrogen (secondary N) is 1. The Morgan fingerprint density at radius 1 is 0.974 bits per heavy atom. The Bertz CT molecular complexity index is 1300. The second-order valence-corrected chi connectivity index (χ2v) is 9.75. The molecule has 11 heteroatoms. The van der Waals surface area contributed by atoms with Crippen molar-refractivity contribution in [3.05, 3.63) is 66.0 Å². The van der Waals surface area contributed by atoms with Crippen molar-refractivity contribution < 1.29 is 23.9 Å². The molecule has 2 aliphatic rings. The van der Waals surface area contributed by atoms with E-state index in [1.54, 1.807) is 23.1 Å². The monoisotopic (exact) mass is 532 g/mol. The van der Waals surface area contributed by atoms with Gasteiger partial charge in [-0.05, 0) is 43.5 Å². The summed E-state index contributed by atoms with van der Waals surface area (Å²) in [5.74, 6) is 1.53. The van der Waals surface area contributed by atoms with E-state index in [-0.39, 0.29) is 30.6 Å². The number of carbonyl (C=O) groups is 3. The van der Waals surface area contributed by atoms with E-state index >= 15 is 0 Å². The number of likely N-dealkylation sites (tertiary alicyclic amines) is 2. The maximum absolute atomic E-state index is 13.1. The van der Waals surface area contributed by atoms with Crippen LogP contribution in [0.25, 0.3) is 11.4 Å². The molecule has 0 radical (unpaired) electrons. The molecule has 1 aromatic heterocycles. The number of aromatic amines is 1. The number of nitrogens with two attached hydrogens (primary N) is 1. The largest absolute Gasteiger partial charge is 0.484 e. The van der Waals surface area contributed by atoms with Crippen molar-refractivity contribution in [3.63, 3.8) is 0 Å². The number of primary amides is 1. The molecule has 5 rings (SSSR count). The Morgan fingerprint density at radius 2 is 1.77 bits per heavy atom. The second-order valence-electron chi connectivity index (χ2n) is 9.75. The predicted octanol–water partition coefficient (Wildman–Crippen LogP) is 3.30. The molecule has 0 unspecified atom stereocenters. The third-order valence-electron chi connectivity index (χ3n) is 7.13. The van der Waals surface area contributed by atoms with Gasteiger partial charge in [-0.3, -0.25) is 14.7 Å². The molecule has 0 aliphatic carbocycles. The highest BCUT2D eigenvalue weighted by Crippen LogP contribution is 2.30. The quantitative estimate of drug-likeness (QED) is 0.475. The molecule has 1 atom stereocenters. The van der Waals surface area contributed by atoms with Gasteiger partial charge in [0, 0.05) is 43.6 Å². The summed E-state index contributed by atoms with van der Waals surface area (Å²) >= 11 is 0. The Hall–Kier alpha value is -4.41. The SMILES string of the molecule is NC(=O)OC1CCN(C(=O)c2cccc(-c3n[nH]c([C@H]4CCCCN4C(=O)COc4ccccc4)n3)c2)CC1. The first-order valence-electron chi connectivity index (χ1n) is 13.2. The van der Waals surface area contributed by atoms with Crippen LogP contribution in [0.4, 0.5) is 4.79 Å². The normalized spacial score (nSPS) is 18.0. The fourth-order valence-corrected chi connectivity index (χ4v) is 5.13. The number of amides is 3. The average Bonchev–Trinajstić information content (AvgIpc) is 3.47. The van der Waals surface area contributed by atoms with Crippen LogP contribution in [0.2, 0.25) is 0 Å². The molecule has 3 aromatic rings. The van der Waals surface area contributed by atoms with Crippen molar-refractivity contribution in [1.29, 1.82) is 0 Å². The number of hydrogen-bond acceptors (Lipinski definition) is 7. The van der Waals surface area contributed by atoms with Crippen molar-refractivity contribution in [1.82, 2.24) is 25.0 Å². The van der Waals surface area contributed by atoms with Gasteiger partial charge in [-0.2, -0.15) is 5.10 Å². The number of rotatable bonds is 7. The first kappa shape index (κ1) is 26.2. The molecule has 11 nitrogen and oxygen atoms in total. The Labute approximate surface area is 226 Å². The molecule has 2 aliphatic heterocycles. The lowest BCUT2D eigenvalue weighted by Crippen LogP contribution is -2.41. The molecule has 0 spiro atoms. The molecule has 2 aromatic carbocycles. The van der Waals surface area contributed by atoms with Gasteiger partial charge < -0.3 is 25.0 Å². The van der Waals surface area contributed by atoms with Crippen LogP contribution >= 0.6 is 0 Å². The van der Waals surface area contributed by atoms with Gasteiger partial charge >= 0.3 is 6.09 Å². The molecule has 204 valence electrons. The van der Waals surface area contributed by atoms with E-state index in [1.807, 2.05) is 41.3 Å².